The van der Waals surface area contributed by atoms with E-state index in [0.717, 1.165) is 17.5 Å². The average molecular weight is 402 g/mol. The number of rotatable bonds is 6. The molecule has 0 fully saturated rings. The summed E-state index contributed by atoms with van der Waals surface area (Å²) in [4.78, 5) is 25.4. The number of carbonyl (C=O) groups excluding carboxylic acids is 2. The van der Waals surface area contributed by atoms with E-state index in [4.69, 9.17) is 9.47 Å². The van der Waals surface area contributed by atoms with Gasteiger partial charge in [0.2, 0.25) is 6.79 Å². The van der Waals surface area contributed by atoms with Gasteiger partial charge in [0.05, 0.1) is 11.3 Å². The van der Waals surface area contributed by atoms with Crippen molar-refractivity contribution < 1.29 is 19.1 Å². The Labute approximate surface area is 174 Å². The second kappa shape index (κ2) is 8.69. The van der Waals surface area contributed by atoms with Gasteiger partial charge in [0.25, 0.3) is 11.8 Å². The lowest BCUT2D eigenvalue weighted by Gasteiger charge is -2.12. The topological polar surface area (TPSA) is 76.7 Å². The van der Waals surface area contributed by atoms with Crippen molar-refractivity contribution in [3.63, 3.8) is 0 Å². The molecule has 0 aliphatic carbocycles. The lowest BCUT2D eigenvalue weighted by atomic mass is 10.1. The minimum Gasteiger partial charge on any atom is -0.454 e. The van der Waals surface area contributed by atoms with Gasteiger partial charge in [-0.05, 0) is 53.9 Å². The zero-order valence-corrected chi connectivity index (χ0v) is 16.6. The Bertz CT molecular complexity index is 1080. The molecular weight excluding hydrogens is 380 g/mol. The minimum atomic E-state index is -0.273. The summed E-state index contributed by atoms with van der Waals surface area (Å²) in [5.41, 5.74) is 3.46. The van der Waals surface area contributed by atoms with Gasteiger partial charge < -0.3 is 20.1 Å². The molecule has 6 nitrogen and oxygen atoms in total. The first kappa shape index (κ1) is 19.5. The summed E-state index contributed by atoms with van der Waals surface area (Å²) < 4.78 is 10.7. The molecule has 30 heavy (non-hydrogen) atoms. The molecule has 0 atom stereocenters. The first-order valence-corrected chi connectivity index (χ1v) is 9.80. The summed E-state index contributed by atoms with van der Waals surface area (Å²) in [5, 5.41) is 5.73. The van der Waals surface area contributed by atoms with Crippen molar-refractivity contribution in [3.8, 4) is 11.5 Å². The number of carbonyl (C=O) groups is 2. The number of hydrogen-bond donors (Lipinski definition) is 2. The molecule has 1 heterocycles. The van der Waals surface area contributed by atoms with Crippen molar-refractivity contribution in [1.82, 2.24) is 5.32 Å². The van der Waals surface area contributed by atoms with E-state index in [1.165, 1.54) is 0 Å². The van der Waals surface area contributed by atoms with Crippen LogP contribution in [0.1, 0.15) is 38.8 Å². The SMILES string of the molecule is CCc1ccc(C(=O)Nc2ccccc2C(=O)NCc2ccc3c(c2)OCO3)cc1. The van der Waals surface area contributed by atoms with Gasteiger partial charge >= 0.3 is 0 Å². The van der Waals surface area contributed by atoms with Crippen LogP contribution >= 0.6 is 0 Å². The average Bonchev–Trinajstić information content (AvgIpc) is 3.26. The quantitative estimate of drug-likeness (QED) is 0.649. The van der Waals surface area contributed by atoms with Gasteiger partial charge in [-0.25, -0.2) is 0 Å². The van der Waals surface area contributed by atoms with E-state index in [0.29, 0.717) is 34.9 Å². The monoisotopic (exact) mass is 402 g/mol. The van der Waals surface area contributed by atoms with Crippen molar-refractivity contribution in [1.29, 1.82) is 0 Å². The van der Waals surface area contributed by atoms with E-state index in [-0.39, 0.29) is 18.6 Å². The largest absolute Gasteiger partial charge is 0.454 e. The molecule has 3 aromatic rings. The second-order valence-electron chi connectivity index (χ2n) is 6.92. The summed E-state index contributed by atoms with van der Waals surface area (Å²) in [6.45, 7) is 2.60. The van der Waals surface area contributed by atoms with Crippen molar-refractivity contribution in [2.75, 3.05) is 12.1 Å². The van der Waals surface area contributed by atoms with Gasteiger partial charge in [0.15, 0.2) is 11.5 Å². The molecule has 0 aromatic heterocycles. The number of ether oxygens (including phenoxy) is 2. The summed E-state index contributed by atoms with van der Waals surface area (Å²) >= 11 is 0. The van der Waals surface area contributed by atoms with E-state index < -0.39 is 0 Å². The Hall–Kier alpha value is -3.80. The zero-order chi connectivity index (χ0) is 20.9. The van der Waals surface area contributed by atoms with Gasteiger partial charge in [0.1, 0.15) is 0 Å². The molecule has 6 heteroatoms. The van der Waals surface area contributed by atoms with Crippen molar-refractivity contribution in [2.45, 2.75) is 19.9 Å². The molecule has 1 aliphatic rings. The van der Waals surface area contributed by atoms with Crippen LogP contribution < -0.4 is 20.1 Å². The fourth-order valence-corrected chi connectivity index (χ4v) is 3.20. The Morgan fingerprint density at radius 3 is 2.40 bits per heavy atom. The van der Waals surface area contributed by atoms with Crippen LogP contribution in [0.4, 0.5) is 5.69 Å². The van der Waals surface area contributed by atoms with E-state index in [9.17, 15) is 9.59 Å². The molecule has 2 amide bonds. The molecule has 2 N–H and O–H groups in total. The van der Waals surface area contributed by atoms with E-state index in [1.807, 2.05) is 30.3 Å². The molecule has 0 unspecified atom stereocenters. The van der Waals surface area contributed by atoms with Crippen LogP contribution in [0.25, 0.3) is 0 Å². The predicted molar refractivity (Wildman–Crippen MR) is 114 cm³/mol. The highest BCUT2D eigenvalue weighted by molar-refractivity contribution is 6.09. The molecule has 0 radical (unpaired) electrons. The third-order valence-electron chi connectivity index (χ3n) is 4.93. The number of fused-ring (bicyclic) bond motifs is 1. The summed E-state index contributed by atoms with van der Waals surface area (Å²) in [5.74, 6) is 0.840. The molecule has 4 rings (SSSR count). The van der Waals surface area contributed by atoms with Gasteiger partial charge in [-0.2, -0.15) is 0 Å². The maximum absolute atomic E-state index is 12.8. The summed E-state index contributed by atoms with van der Waals surface area (Å²) in [6.07, 6.45) is 0.911. The number of anilines is 1. The van der Waals surface area contributed by atoms with E-state index in [1.54, 1.807) is 36.4 Å². The lowest BCUT2D eigenvalue weighted by Crippen LogP contribution is -2.24. The summed E-state index contributed by atoms with van der Waals surface area (Å²) in [6, 6.07) is 19.9. The van der Waals surface area contributed by atoms with Gasteiger partial charge in [0, 0.05) is 12.1 Å². The van der Waals surface area contributed by atoms with Crippen LogP contribution in [0.5, 0.6) is 11.5 Å². The van der Waals surface area contributed by atoms with Crippen molar-refractivity contribution in [3.05, 3.63) is 89.0 Å². The molecule has 0 bridgehead atoms. The smallest absolute Gasteiger partial charge is 0.255 e. The molecule has 3 aromatic carbocycles. The van der Waals surface area contributed by atoms with Gasteiger partial charge in [-0.1, -0.05) is 37.3 Å². The lowest BCUT2D eigenvalue weighted by molar-refractivity contribution is 0.0951. The van der Waals surface area contributed by atoms with Crippen molar-refractivity contribution in [2.24, 2.45) is 0 Å². The molecule has 152 valence electrons. The molecule has 0 spiro atoms. The number of amides is 2. The van der Waals surface area contributed by atoms with Crippen molar-refractivity contribution >= 4 is 17.5 Å². The Kier molecular flexibility index (Phi) is 5.66. The maximum Gasteiger partial charge on any atom is 0.255 e. The van der Waals surface area contributed by atoms with Gasteiger partial charge in [-0.3, -0.25) is 9.59 Å². The highest BCUT2D eigenvalue weighted by Crippen LogP contribution is 2.32. The van der Waals surface area contributed by atoms with Crippen LogP contribution in [0.3, 0.4) is 0 Å². The standard InChI is InChI=1S/C24H22N2O4/c1-2-16-7-10-18(11-8-16)23(27)26-20-6-4-3-5-19(20)24(28)25-14-17-9-12-21-22(13-17)30-15-29-21/h3-13H,2,14-15H2,1H3,(H,25,28)(H,26,27). The fourth-order valence-electron chi connectivity index (χ4n) is 3.20. The number of nitrogens with one attached hydrogen (secondary N) is 2. The van der Waals surface area contributed by atoms with Crippen LogP contribution in [0.15, 0.2) is 66.7 Å². The number of aryl methyl sites for hydroxylation is 1. The highest BCUT2D eigenvalue weighted by Gasteiger charge is 2.16. The van der Waals surface area contributed by atoms with Crippen LogP contribution in [0.2, 0.25) is 0 Å². The van der Waals surface area contributed by atoms with Crippen LogP contribution in [0, 0.1) is 0 Å². The fraction of sp³-hybridized carbons (Fsp3) is 0.167. The molecular formula is C24H22N2O4. The Balaban J connectivity index is 1.44. The van der Waals surface area contributed by atoms with Crippen LogP contribution in [-0.2, 0) is 13.0 Å². The molecule has 0 saturated carbocycles. The molecule has 0 saturated heterocycles. The van der Waals surface area contributed by atoms with Gasteiger partial charge in [-0.15, -0.1) is 0 Å². The van der Waals surface area contributed by atoms with E-state index >= 15 is 0 Å². The summed E-state index contributed by atoms with van der Waals surface area (Å²) in [7, 11) is 0. The van der Waals surface area contributed by atoms with Crippen LogP contribution in [-0.4, -0.2) is 18.6 Å². The first-order chi connectivity index (χ1) is 14.6. The normalized spacial score (nSPS) is 11.8. The van der Waals surface area contributed by atoms with E-state index in [2.05, 4.69) is 17.6 Å². The number of benzene rings is 3. The Morgan fingerprint density at radius 2 is 1.60 bits per heavy atom. The number of para-hydroxylation sites is 1. The minimum absolute atomic E-state index is 0.208. The first-order valence-electron chi connectivity index (χ1n) is 9.80. The zero-order valence-electron chi connectivity index (χ0n) is 16.6. The second-order valence-corrected chi connectivity index (χ2v) is 6.92. The maximum atomic E-state index is 12.8. The number of hydrogen-bond acceptors (Lipinski definition) is 4. The Morgan fingerprint density at radius 1 is 0.867 bits per heavy atom. The third kappa shape index (κ3) is 4.27. The predicted octanol–water partition coefficient (Wildman–Crippen LogP) is 4.16. The highest BCUT2D eigenvalue weighted by atomic mass is 16.7. The molecule has 1 aliphatic heterocycles. The third-order valence-corrected chi connectivity index (χ3v) is 4.93.